The third kappa shape index (κ3) is 5.21. The minimum Gasteiger partial charge on any atom is -0.480 e. The Labute approximate surface area is 198 Å². The molecule has 4 rings (SSSR count). The van der Waals surface area contributed by atoms with Crippen molar-refractivity contribution in [3.63, 3.8) is 0 Å². The molecule has 1 unspecified atom stereocenters. The van der Waals surface area contributed by atoms with Crippen molar-refractivity contribution in [3.8, 4) is 11.1 Å². The molecular formula is C25H29N3O6. The highest BCUT2D eigenvalue weighted by molar-refractivity contribution is 5.82. The number of hydrogen-bond donors (Lipinski definition) is 2. The van der Waals surface area contributed by atoms with E-state index >= 15 is 0 Å². The van der Waals surface area contributed by atoms with Crippen molar-refractivity contribution in [2.75, 3.05) is 53.0 Å². The lowest BCUT2D eigenvalue weighted by Crippen LogP contribution is -2.54. The molecule has 0 saturated carbocycles. The Morgan fingerprint density at radius 1 is 1.00 bits per heavy atom. The van der Waals surface area contributed by atoms with Gasteiger partial charge in [0.2, 0.25) is 0 Å². The van der Waals surface area contributed by atoms with Gasteiger partial charge in [0.15, 0.2) is 6.10 Å². The highest BCUT2D eigenvalue weighted by Gasteiger charge is 2.30. The van der Waals surface area contributed by atoms with E-state index < -0.39 is 18.2 Å². The molecule has 9 heteroatoms. The van der Waals surface area contributed by atoms with Crippen LogP contribution in [0, 0.1) is 0 Å². The van der Waals surface area contributed by atoms with Gasteiger partial charge in [0, 0.05) is 39.2 Å². The third-order valence-electron chi connectivity index (χ3n) is 6.38. The van der Waals surface area contributed by atoms with Crippen LogP contribution < -0.4 is 5.32 Å². The molecule has 9 nitrogen and oxygen atoms in total. The van der Waals surface area contributed by atoms with Crippen LogP contribution in [-0.4, -0.2) is 92.0 Å². The normalized spacial score (nSPS) is 16.4. The Bertz CT molecular complexity index is 1000. The van der Waals surface area contributed by atoms with E-state index in [0.29, 0.717) is 26.2 Å². The topological polar surface area (TPSA) is 108 Å². The Hall–Kier alpha value is -3.43. The van der Waals surface area contributed by atoms with Gasteiger partial charge in [-0.05, 0) is 22.3 Å². The smallest absolute Gasteiger partial charge is 0.407 e. The predicted molar refractivity (Wildman–Crippen MR) is 125 cm³/mol. The number of piperazine rings is 1. The monoisotopic (exact) mass is 467 g/mol. The van der Waals surface area contributed by atoms with Crippen LogP contribution in [0.1, 0.15) is 17.0 Å². The molecule has 1 atom stereocenters. The molecule has 2 amide bonds. The Balaban J connectivity index is 1.27. The third-order valence-corrected chi connectivity index (χ3v) is 6.38. The van der Waals surface area contributed by atoms with Crippen LogP contribution >= 0.6 is 0 Å². The van der Waals surface area contributed by atoms with Gasteiger partial charge in [-0.2, -0.15) is 0 Å². The number of ether oxygens (including phenoxy) is 2. The first-order valence-corrected chi connectivity index (χ1v) is 11.3. The second-order valence-electron chi connectivity index (χ2n) is 8.43. The molecule has 0 aromatic heterocycles. The number of aliphatic carboxylic acids is 1. The lowest BCUT2D eigenvalue weighted by molar-refractivity contribution is -0.144. The molecule has 1 heterocycles. The van der Waals surface area contributed by atoms with Crippen LogP contribution in [0.4, 0.5) is 4.79 Å². The van der Waals surface area contributed by atoms with Gasteiger partial charge in [0.25, 0.3) is 5.91 Å². The summed E-state index contributed by atoms with van der Waals surface area (Å²) in [6.07, 6.45) is -1.45. The van der Waals surface area contributed by atoms with Crippen LogP contribution in [0.2, 0.25) is 0 Å². The predicted octanol–water partition coefficient (Wildman–Crippen LogP) is 1.77. The average molecular weight is 468 g/mol. The number of carbonyl (C=O) groups excluding carboxylic acids is 2. The number of alkyl carbamates (subject to hydrolysis) is 1. The number of methoxy groups -OCH3 is 1. The van der Waals surface area contributed by atoms with Gasteiger partial charge in [-0.15, -0.1) is 0 Å². The molecular weight excluding hydrogens is 438 g/mol. The van der Waals surface area contributed by atoms with Crippen LogP contribution in [0.15, 0.2) is 48.5 Å². The first-order valence-electron chi connectivity index (χ1n) is 11.3. The second kappa shape index (κ2) is 10.7. The highest BCUT2D eigenvalue weighted by atomic mass is 16.5. The van der Waals surface area contributed by atoms with Gasteiger partial charge in [-0.25, -0.2) is 4.79 Å². The maximum atomic E-state index is 12.8. The second-order valence-corrected chi connectivity index (χ2v) is 8.43. The number of amides is 2. The number of carboxylic acids is 1. The largest absolute Gasteiger partial charge is 0.480 e. The number of fused-ring (bicyclic) bond motifs is 3. The first-order chi connectivity index (χ1) is 16.5. The van der Waals surface area contributed by atoms with Gasteiger partial charge in [0.05, 0.1) is 13.1 Å². The maximum absolute atomic E-state index is 12.8. The zero-order chi connectivity index (χ0) is 24.1. The van der Waals surface area contributed by atoms with E-state index in [1.54, 1.807) is 9.80 Å². The van der Waals surface area contributed by atoms with Gasteiger partial charge in [-0.3, -0.25) is 14.5 Å². The van der Waals surface area contributed by atoms with Crippen molar-refractivity contribution in [1.29, 1.82) is 0 Å². The number of nitrogens with one attached hydrogen (secondary N) is 1. The standard InChI is InChI=1S/C25H29N3O6/c1-33-22(24(31)28-12-10-27(11-13-28)15-23(29)30)14-26-25(32)34-16-21-19-8-4-2-6-17(19)18-7-3-5-9-20(18)21/h2-9,21-22H,10-16H2,1H3,(H,26,32)(H,29,30). The number of carbonyl (C=O) groups is 3. The van der Waals surface area contributed by atoms with Crippen LogP contribution in [0.25, 0.3) is 11.1 Å². The molecule has 34 heavy (non-hydrogen) atoms. The molecule has 2 aromatic carbocycles. The Morgan fingerprint density at radius 3 is 2.15 bits per heavy atom. The Morgan fingerprint density at radius 2 is 1.59 bits per heavy atom. The van der Waals surface area contributed by atoms with Gasteiger partial charge in [-0.1, -0.05) is 48.5 Å². The minimum atomic E-state index is -0.887. The van der Waals surface area contributed by atoms with E-state index in [1.165, 1.54) is 7.11 Å². The zero-order valence-electron chi connectivity index (χ0n) is 19.1. The van der Waals surface area contributed by atoms with E-state index in [9.17, 15) is 14.4 Å². The zero-order valence-corrected chi connectivity index (χ0v) is 19.1. The summed E-state index contributed by atoms with van der Waals surface area (Å²) in [5.41, 5.74) is 4.56. The molecule has 0 bridgehead atoms. The fraction of sp³-hybridized carbons (Fsp3) is 0.400. The quantitative estimate of drug-likeness (QED) is 0.609. The summed E-state index contributed by atoms with van der Waals surface area (Å²) in [6, 6.07) is 16.2. The fourth-order valence-electron chi connectivity index (χ4n) is 4.62. The molecule has 2 aromatic rings. The van der Waals surface area contributed by atoms with Gasteiger partial charge >= 0.3 is 12.1 Å². The number of hydrogen-bond acceptors (Lipinski definition) is 6. The molecule has 1 saturated heterocycles. The van der Waals surface area contributed by atoms with Crippen LogP contribution in [0.5, 0.6) is 0 Å². The molecule has 1 aliphatic heterocycles. The summed E-state index contributed by atoms with van der Waals surface area (Å²) in [5, 5.41) is 11.5. The van der Waals surface area contributed by atoms with E-state index in [2.05, 4.69) is 29.6 Å². The van der Waals surface area contributed by atoms with Crippen molar-refractivity contribution < 1.29 is 29.0 Å². The lowest BCUT2D eigenvalue weighted by atomic mass is 9.98. The molecule has 0 radical (unpaired) electrons. The highest BCUT2D eigenvalue weighted by Crippen LogP contribution is 2.44. The molecule has 1 aliphatic carbocycles. The number of rotatable bonds is 8. The summed E-state index contributed by atoms with van der Waals surface area (Å²) in [7, 11) is 1.42. The average Bonchev–Trinajstić information content (AvgIpc) is 3.17. The molecule has 0 spiro atoms. The van der Waals surface area contributed by atoms with Gasteiger partial charge < -0.3 is 24.8 Å². The van der Waals surface area contributed by atoms with Crippen LogP contribution in [0.3, 0.4) is 0 Å². The number of nitrogens with zero attached hydrogens (tertiary/aromatic N) is 2. The van der Waals surface area contributed by atoms with E-state index in [4.69, 9.17) is 14.6 Å². The van der Waals surface area contributed by atoms with Crippen molar-refractivity contribution in [3.05, 3.63) is 59.7 Å². The minimum absolute atomic E-state index is 0.0126. The first kappa shape index (κ1) is 23.7. The van der Waals surface area contributed by atoms with Crippen molar-refractivity contribution in [2.45, 2.75) is 12.0 Å². The number of carboxylic acid groups (broad SMARTS) is 1. The van der Waals surface area contributed by atoms with E-state index in [-0.39, 0.29) is 31.5 Å². The Kier molecular flexibility index (Phi) is 7.44. The lowest BCUT2D eigenvalue weighted by Gasteiger charge is -2.35. The van der Waals surface area contributed by atoms with Crippen molar-refractivity contribution in [2.24, 2.45) is 0 Å². The fourth-order valence-corrected chi connectivity index (χ4v) is 4.62. The van der Waals surface area contributed by atoms with Crippen molar-refractivity contribution in [1.82, 2.24) is 15.1 Å². The summed E-state index contributed by atoms with van der Waals surface area (Å²) in [6.45, 7) is 1.92. The number of benzene rings is 2. The molecule has 180 valence electrons. The molecule has 2 N–H and O–H groups in total. The summed E-state index contributed by atoms with van der Waals surface area (Å²) in [5.74, 6) is -1.17. The van der Waals surface area contributed by atoms with Crippen LogP contribution in [-0.2, 0) is 19.1 Å². The van der Waals surface area contributed by atoms with Gasteiger partial charge in [0.1, 0.15) is 6.61 Å². The van der Waals surface area contributed by atoms with Crippen molar-refractivity contribution >= 4 is 18.0 Å². The molecule has 1 fully saturated rings. The summed E-state index contributed by atoms with van der Waals surface area (Å²) in [4.78, 5) is 39.5. The maximum Gasteiger partial charge on any atom is 0.407 e. The van der Waals surface area contributed by atoms with E-state index in [0.717, 1.165) is 22.3 Å². The van der Waals surface area contributed by atoms with E-state index in [1.807, 2.05) is 24.3 Å². The molecule has 2 aliphatic rings. The SMILES string of the molecule is COC(CNC(=O)OCC1c2ccccc2-c2ccccc21)C(=O)N1CCN(CC(=O)O)CC1. The summed E-state index contributed by atoms with van der Waals surface area (Å²) >= 11 is 0. The summed E-state index contributed by atoms with van der Waals surface area (Å²) < 4.78 is 10.8.